The van der Waals surface area contributed by atoms with E-state index in [-0.39, 0.29) is 17.6 Å². The third-order valence-corrected chi connectivity index (χ3v) is 5.59. The summed E-state index contributed by atoms with van der Waals surface area (Å²) < 4.78 is 27.8. The first-order chi connectivity index (χ1) is 9.12. The highest BCUT2D eigenvalue weighted by Crippen LogP contribution is 2.26. The highest BCUT2D eigenvalue weighted by molar-refractivity contribution is 7.92. The van der Waals surface area contributed by atoms with Crippen molar-refractivity contribution in [3.05, 3.63) is 29.8 Å². The molecule has 2 aliphatic heterocycles. The topological polar surface area (TPSA) is 55.4 Å². The van der Waals surface area contributed by atoms with Crippen molar-refractivity contribution in [1.82, 2.24) is 5.32 Å². The summed E-state index contributed by atoms with van der Waals surface area (Å²) in [6.07, 6.45) is 2.30. The van der Waals surface area contributed by atoms with Gasteiger partial charge in [-0.15, -0.1) is 0 Å². The van der Waals surface area contributed by atoms with Gasteiger partial charge in [-0.25, -0.2) is 8.42 Å². The molecule has 104 valence electrons. The van der Waals surface area contributed by atoms with Gasteiger partial charge in [0.2, 0.25) is 0 Å². The first-order valence-electron chi connectivity index (χ1n) is 6.80. The fourth-order valence-corrected chi connectivity index (χ4v) is 3.90. The van der Waals surface area contributed by atoms with Crippen LogP contribution in [-0.4, -0.2) is 39.1 Å². The number of benzene rings is 1. The molecule has 1 atom stereocenters. The molecule has 1 aromatic carbocycles. The minimum absolute atomic E-state index is 0.154. The Labute approximate surface area is 114 Å². The lowest BCUT2D eigenvalue weighted by Gasteiger charge is -2.27. The van der Waals surface area contributed by atoms with Crippen LogP contribution in [0.4, 0.5) is 0 Å². The highest BCUT2D eigenvalue weighted by Gasteiger charge is 2.35. The van der Waals surface area contributed by atoms with E-state index < -0.39 is 9.84 Å². The normalized spacial score (nSPS) is 26.6. The van der Waals surface area contributed by atoms with Crippen molar-refractivity contribution in [3.8, 4) is 5.75 Å². The van der Waals surface area contributed by atoms with Crippen LogP contribution in [0.2, 0.25) is 0 Å². The smallest absolute Gasteiger partial charge is 0.157 e. The second kappa shape index (κ2) is 5.13. The van der Waals surface area contributed by atoms with E-state index >= 15 is 0 Å². The van der Waals surface area contributed by atoms with Crippen molar-refractivity contribution < 1.29 is 13.2 Å². The van der Waals surface area contributed by atoms with E-state index in [1.807, 2.05) is 12.1 Å². The average molecular weight is 281 g/mol. The minimum Gasteiger partial charge on any atom is -0.488 e. The second-order valence-corrected chi connectivity index (χ2v) is 7.58. The van der Waals surface area contributed by atoms with Gasteiger partial charge < -0.3 is 10.1 Å². The third kappa shape index (κ3) is 3.09. The second-order valence-electron chi connectivity index (χ2n) is 5.43. The van der Waals surface area contributed by atoms with E-state index in [0.717, 1.165) is 18.8 Å². The predicted molar refractivity (Wildman–Crippen MR) is 74.4 cm³/mol. The zero-order valence-electron chi connectivity index (χ0n) is 10.8. The van der Waals surface area contributed by atoms with Crippen LogP contribution in [0.3, 0.4) is 0 Å². The standard InChI is InChI=1S/C14H19NO3S/c16-19(17)9-14(10-19)18-13-5-3-11(4-6-13)12-2-1-7-15-8-12/h3-6,12,14-15H,1-2,7-10H2. The Balaban J connectivity index is 1.59. The van der Waals surface area contributed by atoms with E-state index in [9.17, 15) is 8.42 Å². The van der Waals surface area contributed by atoms with Gasteiger partial charge in [0, 0.05) is 6.54 Å². The molecule has 19 heavy (non-hydrogen) atoms. The summed E-state index contributed by atoms with van der Waals surface area (Å²) in [5, 5.41) is 3.41. The number of hydrogen-bond acceptors (Lipinski definition) is 4. The molecular formula is C14H19NO3S. The van der Waals surface area contributed by atoms with Gasteiger partial charge in [-0.1, -0.05) is 12.1 Å². The molecule has 1 aromatic rings. The summed E-state index contributed by atoms with van der Waals surface area (Å²) in [5.41, 5.74) is 1.33. The number of ether oxygens (including phenoxy) is 1. The Hall–Kier alpha value is -1.07. The molecule has 0 amide bonds. The van der Waals surface area contributed by atoms with Crippen LogP contribution in [-0.2, 0) is 9.84 Å². The quantitative estimate of drug-likeness (QED) is 0.908. The molecule has 0 spiro atoms. The number of nitrogens with one attached hydrogen (secondary N) is 1. The number of piperidine rings is 1. The van der Waals surface area contributed by atoms with Crippen LogP contribution in [0.1, 0.15) is 24.3 Å². The highest BCUT2D eigenvalue weighted by atomic mass is 32.2. The van der Waals surface area contributed by atoms with Crippen molar-refractivity contribution in [3.63, 3.8) is 0 Å². The number of rotatable bonds is 3. The van der Waals surface area contributed by atoms with Gasteiger partial charge in [0.05, 0.1) is 11.5 Å². The van der Waals surface area contributed by atoms with E-state index in [2.05, 4.69) is 17.4 Å². The Kier molecular flexibility index (Phi) is 3.50. The van der Waals surface area contributed by atoms with E-state index in [0.29, 0.717) is 5.92 Å². The maximum Gasteiger partial charge on any atom is 0.157 e. The molecule has 1 unspecified atom stereocenters. The molecule has 0 saturated carbocycles. The molecule has 2 fully saturated rings. The van der Waals surface area contributed by atoms with Gasteiger partial charge in [-0.3, -0.25) is 0 Å². The summed E-state index contributed by atoms with van der Waals surface area (Å²) >= 11 is 0. The molecule has 3 rings (SSSR count). The molecule has 0 aliphatic carbocycles. The van der Waals surface area contributed by atoms with Crippen LogP contribution in [0.5, 0.6) is 5.75 Å². The van der Waals surface area contributed by atoms with Crippen LogP contribution in [0.25, 0.3) is 0 Å². The lowest BCUT2D eigenvalue weighted by molar-refractivity contribution is 0.230. The molecule has 5 heteroatoms. The number of hydrogen-bond donors (Lipinski definition) is 1. The van der Waals surface area contributed by atoms with Crippen molar-refractivity contribution >= 4 is 9.84 Å². The lowest BCUT2D eigenvalue weighted by atomic mass is 9.92. The van der Waals surface area contributed by atoms with Crippen molar-refractivity contribution in [2.75, 3.05) is 24.6 Å². The summed E-state index contributed by atoms with van der Waals surface area (Å²) in [5.74, 6) is 1.67. The van der Waals surface area contributed by atoms with Gasteiger partial charge in [0.1, 0.15) is 11.9 Å². The van der Waals surface area contributed by atoms with Gasteiger partial charge in [-0.05, 0) is 43.0 Å². The first kappa shape index (κ1) is 12.9. The molecule has 4 nitrogen and oxygen atoms in total. The zero-order chi connectivity index (χ0) is 13.3. The predicted octanol–water partition coefficient (Wildman–Crippen LogP) is 1.33. The van der Waals surface area contributed by atoms with Crippen LogP contribution in [0, 0.1) is 0 Å². The molecule has 2 saturated heterocycles. The largest absolute Gasteiger partial charge is 0.488 e. The SMILES string of the molecule is O=S1(=O)CC(Oc2ccc(C3CCCNC3)cc2)C1. The molecule has 0 aromatic heterocycles. The van der Waals surface area contributed by atoms with Gasteiger partial charge in [0.15, 0.2) is 9.84 Å². The average Bonchev–Trinajstić information content (AvgIpc) is 2.38. The van der Waals surface area contributed by atoms with Crippen molar-refractivity contribution in [2.45, 2.75) is 24.9 Å². The molecule has 0 radical (unpaired) electrons. The Morgan fingerprint density at radius 2 is 1.89 bits per heavy atom. The van der Waals surface area contributed by atoms with E-state index in [1.54, 1.807) is 0 Å². The fourth-order valence-electron chi connectivity index (χ4n) is 2.73. The molecule has 1 N–H and O–H groups in total. The Bertz CT molecular complexity index is 520. The van der Waals surface area contributed by atoms with Gasteiger partial charge in [0.25, 0.3) is 0 Å². The summed E-state index contributed by atoms with van der Waals surface area (Å²) in [4.78, 5) is 0. The fraction of sp³-hybridized carbons (Fsp3) is 0.571. The summed E-state index contributed by atoms with van der Waals surface area (Å²) in [7, 11) is -2.81. The zero-order valence-corrected chi connectivity index (χ0v) is 11.7. The van der Waals surface area contributed by atoms with Crippen LogP contribution in [0.15, 0.2) is 24.3 Å². The van der Waals surface area contributed by atoms with Crippen molar-refractivity contribution in [2.24, 2.45) is 0 Å². The molecule has 2 heterocycles. The van der Waals surface area contributed by atoms with Crippen LogP contribution < -0.4 is 10.1 Å². The maximum absolute atomic E-state index is 11.1. The minimum atomic E-state index is -2.81. The first-order valence-corrected chi connectivity index (χ1v) is 8.62. The summed E-state index contributed by atoms with van der Waals surface area (Å²) in [6.45, 7) is 2.16. The lowest BCUT2D eigenvalue weighted by Crippen LogP contribution is -2.45. The van der Waals surface area contributed by atoms with Gasteiger partial charge >= 0.3 is 0 Å². The van der Waals surface area contributed by atoms with E-state index in [4.69, 9.17) is 4.74 Å². The Morgan fingerprint density at radius 1 is 1.16 bits per heavy atom. The van der Waals surface area contributed by atoms with Gasteiger partial charge in [-0.2, -0.15) is 0 Å². The maximum atomic E-state index is 11.1. The molecule has 0 bridgehead atoms. The molecule has 2 aliphatic rings. The van der Waals surface area contributed by atoms with Crippen LogP contribution >= 0.6 is 0 Å². The summed E-state index contributed by atoms with van der Waals surface area (Å²) in [6, 6.07) is 8.10. The molecular weight excluding hydrogens is 262 g/mol. The van der Waals surface area contributed by atoms with Crippen molar-refractivity contribution in [1.29, 1.82) is 0 Å². The monoisotopic (exact) mass is 281 g/mol. The van der Waals surface area contributed by atoms with E-state index in [1.165, 1.54) is 18.4 Å². The third-order valence-electron chi connectivity index (χ3n) is 3.83. The Morgan fingerprint density at radius 3 is 2.47 bits per heavy atom. The number of sulfone groups is 1.